The lowest BCUT2D eigenvalue weighted by Crippen LogP contribution is -2.47. The minimum Gasteiger partial charge on any atom is -0.493 e. The summed E-state index contributed by atoms with van der Waals surface area (Å²) < 4.78 is 10.8. The van der Waals surface area contributed by atoms with Crippen molar-refractivity contribution in [1.29, 1.82) is 0 Å². The van der Waals surface area contributed by atoms with Crippen molar-refractivity contribution in [3.63, 3.8) is 0 Å². The molecule has 5 rings (SSSR count). The summed E-state index contributed by atoms with van der Waals surface area (Å²) in [6.07, 6.45) is 4.42. The molecular formula is C29H31N5O2. The van der Waals surface area contributed by atoms with E-state index in [1.54, 1.807) is 14.2 Å². The lowest BCUT2D eigenvalue weighted by Gasteiger charge is -2.34. The molecule has 3 aromatic carbocycles. The summed E-state index contributed by atoms with van der Waals surface area (Å²) in [5.74, 6) is 2.87. The largest absolute Gasteiger partial charge is 0.493 e. The van der Waals surface area contributed by atoms with Crippen LogP contribution in [0.1, 0.15) is 5.56 Å². The van der Waals surface area contributed by atoms with E-state index in [2.05, 4.69) is 51.5 Å². The van der Waals surface area contributed by atoms with E-state index < -0.39 is 0 Å². The SMILES string of the molecule is COc1ccc(Nc2nc(N3CCN(C/C=C\c4ccccc4)CC3)nc3ccccc23)cc1OC. The molecule has 0 atom stereocenters. The fourth-order valence-electron chi connectivity index (χ4n) is 4.38. The maximum atomic E-state index is 5.47. The highest BCUT2D eigenvalue weighted by Crippen LogP contribution is 2.33. The zero-order valence-corrected chi connectivity index (χ0v) is 20.7. The monoisotopic (exact) mass is 481 g/mol. The van der Waals surface area contributed by atoms with Crippen LogP contribution >= 0.6 is 0 Å². The number of piperazine rings is 1. The van der Waals surface area contributed by atoms with Crippen LogP contribution < -0.4 is 19.7 Å². The number of benzene rings is 3. The Morgan fingerprint density at radius 3 is 2.36 bits per heavy atom. The highest BCUT2D eigenvalue weighted by Gasteiger charge is 2.20. The summed E-state index contributed by atoms with van der Waals surface area (Å²) in [6.45, 7) is 4.63. The average molecular weight is 482 g/mol. The Labute approximate surface area is 212 Å². The van der Waals surface area contributed by atoms with Gasteiger partial charge in [-0.3, -0.25) is 4.90 Å². The Bertz CT molecular complexity index is 1330. The third-order valence-corrected chi connectivity index (χ3v) is 6.37. The van der Waals surface area contributed by atoms with Gasteiger partial charge in [0.2, 0.25) is 5.95 Å². The van der Waals surface area contributed by atoms with Gasteiger partial charge < -0.3 is 19.7 Å². The quantitative estimate of drug-likeness (QED) is 0.370. The van der Waals surface area contributed by atoms with E-state index in [0.717, 1.165) is 61.1 Å². The van der Waals surface area contributed by atoms with Gasteiger partial charge in [0, 0.05) is 49.9 Å². The number of para-hydroxylation sites is 1. The van der Waals surface area contributed by atoms with Crippen LogP contribution in [0.4, 0.5) is 17.5 Å². The van der Waals surface area contributed by atoms with Gasteiger partial charge in [0.25, 0.3) is 0 Å². The van der Waals surface area contributed by atoms with Gasteiger partial charge in [-0.1, -0.05) is 54.6 Å². The van der Waals surface area contributed by atoms with Gasteiger partial charge in [-0.05, 0) is 29.8 Å². The molecule has 36 heavy (non-hydrogen) atoms. The molecule has 7 heteroatoms. The van der Waals surface area contributed by atoms with E-state index in [1.165, 1.54) is 5.56 Å². The smallest absolute Gasteiger partial charge is 0.227 e. The zero-order valence-electron chi connectivity index (χ0n) is 20.7. The summed E-state index contributed by atoms with van der Waals surface area (Å²) in [5, 5.41) is 4.44. The van der Waals surface area contributed by atoms with E-state index >= 15 is 0 Å². The number of rotatable bonds is 8. The van der Waals surface area contributed by atoms with Gasteiger partial charge >= 0.3 is 0 Å². The van der Waals surface area contributed by atoms with Crippen LogP contribution in [0.3, 0.4) is 0 Å². The molecule has 4 aromatic rings. The van der Waals surface area contributed by atoms with Crippen molar-refractivity contribution >= 4 is 34.4 Å². The lowest BCUT2D eigenvalue weighted by atomic mass is 10.2. The number of nitrogens with zero attached hydrogens (tertiary/aromatic N) is 4. The minimum atomic E-state index is 0.665. The van der Waals surface area contributed by atoms with Crippen LogP contribution in [0.2, 0.25) is 0 Å². The fraction of sp³-hybridized carbons (Fsp3) is 0.241. The third-order valence-electron chi connectivity index (χ3n) is 6.37. The topological polar surface area (TPSA) is 62.8 Å². The van der Waals surface area contributed by atoms with E-state index in [1.807, 2.05) is 48.5 Å². The molecule has 1 aliphatic heterocycles. The number of methoxy groups -OCH3 is 2. The molecule has 0 amide bonds. The van der Waals surface area contributed by atoms with Crippen LogP contribution in [0.15, 0.2) is 78.9 Å². The number of fused-ring (bicyclic) bond motifs is 1. The first-order valence-electron chi connectivity index (χ1n) is 12.2. The Balaban J connectivity index is 1.31. The molecule has 0 aliphatic carbocycles. The Kier molecular flexibility index (Phi) is 7.28. The Hall–Kier alpha value is -4.10. The summed E-state index contributed by atoms with van der Waals surface area (Å²) >= 11 is 0. The molecule has 1 N–H and O–H groups in total. The maximum absolute atomic E-state index is 5.47. The number of nitrogens with one attached hydrogen (secondary N) is 1. The molecule has 0 spiro atoms. The first-order valence-corrected chi connectivity index (χ1v) is 12.2. The minimum absolute atomic E-state index is 0.665. The molecular weight excluding hydrogens is 450 g/mol. The van der Waals surface area contributed by atoms with Gasteiger partial charge in [-0.2, -0.15) is 4.98 Å². The standard InChI is InChI=1S/C29H31N5O2/c1-35-26-15-14-23(21-27(26)36-2)30-28-24-12-6-7-13-25(24)31-29(32-28)34-19-17-33(18-20-34)16-8-11-22-9-4-3-5-10-22/h3-15,21H,16-20H2,1-2H3,(H,30,31,32)/b11-8-. The molecule has 1 fully saturated rings. The summed E-state index contributed by atoms with van der Waals surface area (Å²) in [6, 6.07) is 24.3. The van der Waals surface area contributed by atoms with E-state index in [9.17, 15) is 0 Å². The van der Waals surface area contributed by atoms with Crippen LogP contribution in [0.5, 0.6) is 11.5 Å². The van der Waals surface area contributed by atoms with E-state index in [0.29, 0.717) is 11.5 Å². The van der Waals surface area contributed by atoms with Crippen molar-refractivity contribution in [2.75, 3.05) is 57.2 Å². The molecule has 1 saturated heterocycles. The molecule has 7 nitrogen and oxygen atoms in total. The van der Waals surface area contributed by atoms with Crippen molar-refractivity contribution in [3.05, 3.63) is 84.4 Å². The molecule has 184 valence electrons. The zero-order chi connectivity index (χ0) is 24.7. The summed E-state index contributed by atoms with van der Waals surface area (Å²) in [7, 11) is 3.27. The first-order chi connectivity index (χ1) is 17.7. The number of aromatic nitrogens is 2. The predicted octanol–water partition coefficient (Wildman–Crippen LogP) is 5.23. The predicted molar refractivity (Wildman–Crippen MR) is 146 cm³/mol. The third kappa shape index (κ3) is 5.42. The molecule has 1 aliphatic rings. The normalized spacial score (nSPS) is 14.3. The number of hydrogen-bond donors (Lipinski definition) is 1. The van der Waals surface area contributed by atoms with E-state index in [4.69, 9.17) is 19.4 Å². The molecule has 2 heterocycles. The number of ether oxygens (including phenoxy) is 2. The van der Waals surface area contributed by atoms with E-state index in [-0.39, 0.29) is 0 Å². The van der Waals surface area contributed by atoms with Crippen LogP contribution in [-0.2, 0) is 0 Å². The van der Waals surface area contributed by atoms with Crippen molar-refractivity contribution in [3.8, 4) is 11.5 Å². The second-order valence-electron chi connectivity index (χ2n) is 8.68. The number of hydrogen-bond acceptors (Lipinski definition) is 7. The van der Waals surface area contributed by atoms with Gasteiger partial charge in [-0.15, -0.1) is 0 Å². The summed E-state index contributed by atoms with van der Waals surface area (Å²) in [4.78, 5) is 14.6. The van der Waals surface area contributed by atoms with Crippen LogP contribution in [-0.4, -0.2) is 61.8 Å². The highest BCUT2D eigenvalue weighted by molar-refractivity contribution is 5.92. The first kappa shape index (κ1) is 23.6. The fourth-order valence-corrected chi connectivity index (χ4v) is 4.38. The van der Waals surface area contributed by atoms with Crippen LogP contribution in [0.25, 0.3) is 17.0 Å². The molecule has 0 radical (unpaired) electrons. The maximum Gasteiger partial charge on any atom is 0.227 e. The highest BCUT2D eigenvalue weighted by atomic mass is 16.5. The summed E-state index contributed by atoms with van der Waals surface area (Å²) in [5.41, 5.74) is 3.02. The number of anilines is 3. The Morgan fingerprint density at radius 2 is 1.58 bits per heavy atom. The molecule has 0 unspecified atom stereocenters. The van der Waals surface area contributed by atoms with Crippen molar-refractivity contribution < 1.29 is 9.47 Å². The van der Waals surface area contributed by atoms with Crippen molar-refractivity contribution in [1.82, 2.24) is 14.9 Å². The molecule has 1 aromatic heterocycles. The van der Waals surface area contributed by atoms with Crippen molar-refractivity contribution in [2.24, 2.45) is 0 Å². The van der Waals surface area contributed by atoms with Gasteiger partial charge in [-0.25, -0.2) is 4.98 Å². The van der Waals surface area contributed by atoms with Gasteiger partial charge in [0.1, 0.15) is 5.82 Å². The second-order valence-corrected chi connectivity index (χ2v) is 8.68. The second kappa shape index (κ2) is 11.1. The Morgan fingerprint density at radius 1 is 0.833 bits per heavy atom. The lowest BCUT2D eigenvalue weighted by molar-refractivity contribution is 0.283. The van der Waals surface area contributed by atoms with Crippen LogP contribution in [0, 0.1) is 0 Å². The van der Waals surface area contributed by atoms with Gasteiger partial charge in [0.15, 0.2) is 11.5 Å². The average Bonchev–Trinajstić information content (AvgIpc) is 2.94. The molecule has 0 saturated carbocycles. The molecule has 0 bridgehead atoms. The van der Waals surface area contributed by atoms with Crippen molar-refractivity contribution in [2.45, 2.75) is 0 Å². The van der Waals surface area contributed by atoms with Gasteiger partial charge in [0.05, 0.1) is 19.7 Å².